The molecule has 0 saturated carbocycles. The Morgan fingerprint density at radius 3 is 2.67 bits per heavy atom. The van der Waals surface area contributed by atoms with E-state index in [2.05, 4.69) is 0 Å². The van der Waals surface area contributed by atoms with Crippen LogP contribution in [0.4, 0.5) is 0 Å². The van der Waals surface area contributed by atoms with Crippen LogP contribution < -0.4 is 0 Å². The molecule has 18 heavy (non-hydrogen) atoms. The lowest BCUT2D eigenvalue weighted by molar-refractivity contribution is -0.0304. The Hall–Kier alpha value is -1.26. The van der Waals surface area contributed by atoms with Crippen LogP contribution in [-0.4, -0.2) is 41.2 Å². The van der Waals surface area contributed by atoms with Gasteiger partial charge in [0, 0.05) is 18.1 Å². The zero-order chi connectivity index (χ0) is 12.7. The van der Waals surface area contributed by atoms with Gasteiger partial charge >= 0.3 is 0 Å². The predicted octanol–water partition coefficient (Wildman–Crippen LogP) is 2.05. The first-order chi connectivity index (χ1) is 8.63. The van der Waals surface area contributed by atoms with Crippen LogP contribution in [0.3, 0.4) is 0 Å². The molecule has 0 aromatic heterocycles. The molecule has 2 aliphatic heterocycles. The van der Waals surface area contributed by atoms with Gasteiger partial charge in [-0.05, 0) is 31.0 Å². The third kappa shape index (κ3) is 2.06. The van der Waals surface area contributed by atoms with Gasteiger partial charge in [0.25, 0.3) is 5.91 Å². The van der Waals surface area contributed by atoms with E-state index in [1.165, 1.54) is 12.1 Å². The first kappa shape index (κ1) is 11.8. The van der Waals surface area contributed by atoms with Crippen LogP contribution >= 0.6 is 11.6 Å². The van der Waals surface area contributed by atoms with E-state index in [9.17, 15) is 9.90 Å². The summed E-state index contributed by atoms with van der Waals surface area (Å²) >= 11 is 5.86. The Labute approximate surface area is 110 Å². The van der Waals surface area contributed by atoms with E-state index >= 15 is 0 Å². The summed E-state index contributed by atoms with van der Waals surface area (Å²) in [5, 5.41) is 10.2. The fraction of sp³-hybridized carbons (Fsp3) is 0.462. The van der Waals surface area contributed by atoms with Crippen LogP contribution in [0.1, 0.15) is 23.2 Å². The molecule has 2 unspecified atom stereocenters. The molecule has 1 aromatic rings. The average molecular weight is 268 g/mol. The minimum absolute atomic E-state index is 0.0248. The molecule has 2 fully saturated rings. The standard InChI is InChI=1S/C13H14ClNO3/c14-8-1-4-12(16)11(5-8)13(17)15-6-9-2-3-10(7-15)18-9/h1,4-5,9-10,16H,2-3,6-7H2. The van der Waals surface area contributed by atoms with Gasteiger partial charge in [0.1, 0.15) is 5.75 Å². The first-order valence-electron chi connectivity index (χ1n) is 6.07. The van der Waals surface area contributed by atoms with Crippen molar-refractivity contribution in [3.05, 3.63) is 28.8 Å². The zero-order valence-electron chi connectivity index (χ0n) is 9.80. The number of amides is 1. The number of hydrogen-bond acceptors (Lipinski definition) is 3. The van der Waals surface area contributed by atoms with Crippen LogP contribution in [0.2, 0.25) is 5.02 Å². The number of rotatable bonds is 1. The molecular formula is C13H14ClNO3. The Bertz CT molecular complexity index is 479. The highest BCUT2D eigenvalue weighted by atomic mass is 35.5. The summed E-state index contributed by atoms with van der Waals surface area (Å²) in [5.74, 6) is -0.196. The van der Waals surface area contributed by atoms with Gasteiger partial charge in [-0.15, -0.1) is 0 Å². The van der Waals surface area contributed by atoms with Gasteiger partial charge in [-0.2, -0.15) is 0 Å². The zero-order valence-corrected chi connectivity index (χ0v) is 10.6. The number of nitrogens with zero attached hydrogens (tertiary/aromatic N) is 1. The number of benzene rings is 1. The molecule has 2 atom stereocenters. The number of ether oxygens (including phenoxy) is 1. The van der Waals surface area contributed by atoms with Crippen molar-refractivity contribution in [1.29, 1.82) is 0 Å². The van der Waals surface area contributed by atoms with Gasteiger partial charge < -0.3 is 14.7 Å². The Morgan fingerprint density at radius 2 is 2.00 bits per heavy atom. The molecule has 0 radical (unpaired) electrons. The Balaban J connectivity index is 1.84. The van der Waals surface area contributed by atoms with E-state index < -0.39 is 0 Å². The second-order valence-electron chi connectivity index (χ2n) is 4.83. The van der Waals surface area contributed by atoms with Crippen LogP contribution in [0.5, 0.6) is 5.75 Å². The van der Waals surface area contributed by atoms with Crippen molar-refractivity contribution in [2.45, 2.75) is 25.0 Å². The molecule has 1 amide bonds. The number of phenolic OH excluding ortho intramolecular Hbond substituents is 1. The van der Waals surface area contributed by atoms with Crippen molar-refractivity contribution in [2.24, 2.45) is 0 Å². The fourth-order valence-electron chi connectivity index (χ4n) is 2.63. The molecule has 1 aromatic carbocycles. The number of carbonyl (C=O) groups is 1. The van der Waals surface area contributed by atoms with E-state index in [1.54, 1.807) is 11.0 Å². The molecule has 3 rings (SSSR count). The highest BCUT2D eigenvalue weighted by Crippen LogP contribution is 2.29. The minimum Gasteiger partial charge on any atom is -0.507 e. The number of fused-ring (bicyclic) bond motifs is 2. The van der Waals surface area contributed by atoms with Crippen molar-refractivity contribution < 1.29 is 14.6 Å². The smallest absolute Gasteiger partial charge is 0.257 e. The molecule has 4 nitrogen and oxygen atoms in total. The van der Waals surface area contributed by atoms with E-state index in [4.69, 9.17) is 16.3 Å². The topological polar surface area (TPSA) is 49.8 Å². The lowest BCUT2D eigenvalue weighted by atomic mass is 10.1. The predicted molar refractivity (Wildman–Crippen MR) is 66.9 cm³/mol. The molecule has 2 saturated heterocycles. The highest BCUT2D eigenvalue weighted by Gasteiger charge is 2.36. The summed E-state index contributed by atoms with van der Waals surface area (Å²) in [7, 11) is 0. The van der Waals surface area contributed by atoms with Crippen LogP contribution in [0.15, 0.2) is 18.2 Å². The molecule has 1 N–H and O–H groups in total. The van der Waals surface area contributed by atoms with Gasteiger partial charge in [-0.25, -0.2) is 0 Å². The molecule has 2 aliphatic rings. The van der Waals surface area contributed by atoms with Crippen molar-refractivity contribution in [2.75, 3.05) is 13.1 Å². The third-order valence-corrected chi connectivity index (χ3v) is 3.75. The second kappa shape index (κ2) is 4.44. The van der Waals surface area contributed by atoms with E-state index in [-0.39, 0.29) is 29.4 Å². The lowest BCUT2D eigenvalue weighted by Crippen LogP contribution is -2.45. The van der Waals surface area contributed by atoms with Gasteiger partial charge in [0.2, 0.25) is 0 Å². The molecule has 2 bridgehead atoms. The quantitative estimate of drug-likeness (QED) is 0.847. The minimum atomic E-state index is -0.171. The average Bonchev–Trinajstić information content (AvgIpc) is 2.70. The van der Waals surface area contributed by atoms with Crippen molar-refractivity contribution in [1.82, 2.24) is 4.90 Å². The van der Waals surface area contributed by atoms with E-state index in [0.717, 1.165) is 12.8 Å². The van der Waals surface area contributed by atoms with Gasteiger partial charge in [0.05, 0.1) is 17.8 Å². The summed E-state index contributed by atoms with van der Waals surface area (Å²) in [6.07, 6.45) is 2.31. The van der Waals surface area contributed by atoms with Crippen LogP contribution in [-0.2, 0) is 4.74 Å². The second-order valence-corrected chi connectivity index (χ2v) is 5.27. The molecular weight excluding hydrogens is 254 g/mol. The summed E-state index contributed by atoms with van der Waals surface area (Å²) < 4.78 is 5.69. The Morgan fingerprint density at radius 1 is 1.33 bits per heavy atom. The van der Waals surface area contributed by atoms with Gasteiger partial charge in [-0.1, -0.05) is 11.6 Å². The van der Waals surface area contributed by atoms with Gasteiger partial charge in [0.15, 0.2) is 0 Å². The Kier molecular flexibility index (Phi) is 2.92. The number of hydrogen-bond donors (Lipinski definition) is 1. The molecule has 96 valence electrons. The number of likely N-dealkylation sites (tertiary alicyclic amines) is 1. The maximum absolute atomic E-state index is 12.3. The number of phenols is 1. The van der Waals surface area contributed by atoms with Crippen molar-refractivity contribution in [3.63, 3.8) is 0 Å². The summed E-state index contributed by atoms with van der Waals surface area (Å²) in [4.78, 5) is 14.1. The number of morpholine rings is 1. The monoisotopic (exact) mass is 267 g/mol. The molecule has 2 heterocycles. The normalized spacial score (nSPS) is 26.4. The SMILES string of the molecule is O=C(c1cc(Cl)ccc1O)N1CC2CCC(C1)O2. The number of aromatic hydroxyl groups is 1. The first-order valence-corrected chi connectivity index (χ1v) is 6.44. The maximum Gasteiger partial charge on any atom is 0.257 e. The van der Waals surface area contributed by atoms with Crippen LogP contribution in [0, 0.1) is 0 Å². The molecule has 5 heteroatoms. The lowest BCUT2D eigenvalue weighted by Gasteiger charge is -2.32. The van der Waals surface area contributed by atoms with E-state index in [0.29, 0.717) is 18.1 Å². The van der Waals surface area contributed by atoms with Gasteiger partial charge in [-0.3, -0.25) is 4.79 Å². The largest absolute Gasteiger partial charge is 0.507 e. The number of halogens is 1. The summed E-state index contributed by atoms with van der Waals surface area (Å²) in [6.45, 7) is 1.20. The highest BCUT2D eigenvalue weighted by molar-refractivity contribution is 6.31. The van der Waals surface area contributed by atoms with Crippen molar-refractivity contribution >= 4 is 17.5 Å². The molecule has 0 spiro atoms. The summed E-state index contributed by atoms with van der Waals surface area (Å²) in [5.41, 5.74) is 0.267. The summed E-state index contributed by atoms with van der Waals surface area (Å²) in [6, 6.07) is 4.53. The van der Waals surface area contributed by atoms with Crippen molar-refractivity contribution in [3.8, 4) is 5.75 Å². The third-order valence-electron chi connectivity index (χ3n) is 3.52. The fourth-order valence-corrected chi connectivity index (χ4v) is 2.80. The van der Waals surface area contributed by atoms with E-state index in [1.807, 2.05) is 0 Å². The number of carbonyl (C=O) groups excluding carboxylic acids is 1. The van der Waals surface area contributed by atoms with Crippen LogP contribution in [0.25, 0.3) is 0 Å². The molecule has 0 aliphatic carbocycles. The maximum atomic E-state index is 12.3.